The molecule has 0 unspecified atom stereocenters. The summed E-state index contributed by atoms with van der Waals surface area (Å²) in [4.78, 5) is -0.343. The predicted molar refractivity (Wildman–Crippen MR) is 78.3 cm³/mol. The quantitative estimate of drug-likeness (QED) is 0.891. The molecule has 0 fully saturated rings. The van der Waals surface area contributed by atoms with Gasteiger partial charge >= 0.3 is 0 Å². The van der Waals surface area contributed by atoms with Crippen LogP contribution in [0.15, 0.2) is 53.4 Å². The van der Waals surface area contributed by atoms with Gasteiger partial charge in [0.2, 0.25) is 10.0 Å². The first kappa shape index (κ1) is 15.5. The van der Waals surface area contributed by atoms with Crippen LogP contribution >= 0.6 is 0 Å². The lowest BCUT2D eigenvalue weighted by atomic mass is 10.1. The van der Waals surface area contributed by atoms with Gasteiger partial charge in [-0.25, -0.2) is 17.5 Å². The van der Waals surface area contributed by atoms with E-state index < -0.39 is 15.8 Å². The second kappa shape index (κ2) is 6.69. The summed E-state index contributed by atoms with van der Waals surface area (Å²) in [5.41, 5.74) is 0.885. The van der Waals surface area contributed by atoms with Gasteiger partial charge in [0.05, 0.1) is 7.11 Å². The second-order valence-corrected chi connectivity index (χ2v) is 6.13. The summed E-state index contributed by atoms with van der Waals surface area (Å²) < 4.78 is 45.1. The first-order valence-electron chi connectivity index (χ1n) is 6.40. The fraction of sp³-hybridized carbons (Fsp3) is 0.200. The van der Waals surface area contributed by atoms with Gasteiger partial charge in [0.25, 0.3) is 0 Å². The third kappa shape index (κ3) is 3.80. The van der Waals surface area contributed by atoms with Crippen molar-refractivity contribution in [3.63, 3.8) is 0 Å². The maximum absolute atomic E-state index is 13.5. The van der Waals surface area contributed by atoms with E-state index in [1.165, 1.54) is 18.2 Å². The molecule has 2 aromatic carbocycles. The Kier molecular flexibility index (Phi) is 4.93. The number of ether oxygens (including phenoxy) is 1. The Bertz CT molecular complexity index is 716. The van der Waals surface area contributed by atoms with Crippen LogP contribution in [0.1, 0.15) is 5.56 Å². The zero-order valence-corrected chi connectivity index (χ0v) is 12.4. The smallest absolute Gasteiger partial charge is 0.243 e. The zero-order valence-electron chi connectivity index (χ0n) is 11.5. The summed E-state index contributed by atoms with van der Waals surface area (Å²) in [5, 5.41) is 0. The molecule has 4 nitrogen and oxygen atoms in total. The maximum atomic E-state index is 13.5. The molecular weight excluding hydrogens is 293 g/mol. The van der Waals surface area contributed by atoms with Gasteiger partial charge in [0, 0.05) is 6.54 Å². The van der Waals surface area contributed by atoms with Crippen molar-refractivity contribution in [2.24, 2.45) is 0 Å². The van der Waals surface area contributed by atoms with Crippen molar-refractivity contribution < 1.29 is 17.5 Å². The summed E-state index contributed by atoms with van der Waals surface area (Å²) in [6, 6.07) is 12.6. The van der Waals surface area contributed by atoms with Crippen LogP contribution in [0.2, 0.25) is 0 Å². The van der Waals surface area contributed by atoms with Crippen LogP contribution in [0.25, 0.3) is 0 Å². The third-order valence-electron chi connectivity index (χ3n) is 3.01. The van der Waals surface area contributed by atoms with Gasteiger partial charge in [0.15, 0.2) is 0 Å². The SMILES string of the molecule is COc1ccccc1CCNS(=O)(=O)c1ccccc1F. The van der Waals surface area contributed by atoms with Gasteiger partial charge in [-0.2, -0.15) is 0 Å². The average Bonchev–Trinajstić information content (AvgIpc) is 2.48. The van der Waals surface area contributed by atoms with Gasteiger partial charge in [-0.05, 0) is 30.2 Å². The van der Waals surface area contributed by atoms with E-state index in [2.05, 4.69) is 4.72 Å². The second-order valence-electron chi connectivity index (χ2n) is 4.39. The normalized spacial score (nSPS) is 11.3. The fourth-order valence-corrected chi connectivity index (χ4v) is 3.08. The first-order valence-corrected chi connectivity index (χ1v) is 7.89. The molecule has 112 valence electrons. The van der Waals surface area contributed by atoms with Crippen molar-refractivity contribution in [3.05, 3.63) is 59.9 Å². The molecule has 0 heterocycles. The Labute approximate surface area is 123 Å². The van der Waals surface area contributed by atoms with E-state index in [0.29, 0.717) is 12.2 Å². The molecule has 0 aliphatic rings. The van der Waals surface area contributed by atoms with Crippen LogP contribution in [0.5, 0.6) is 5.75 Å². The van der Waals surface area contributed by atoms with Crippen LogP contribution in [0.4, 0.5) is 4.39 Å². The van der Waals surface area contributed by atoms with Crippen molar-refractivity contribution >= 4 is 10.0 Å². The highest BCUT2D eigenvalue weighted by Crippen LogP contribution is 2.18. The summed E-state index contributed by atoms with van der Waals surface area (Å²) in [6.45, 7) is 0.164. The number of para-hydroxylation sites is 1. The van der Waals surface area contributed by atoms with E-state index in [0.717, 1.165) is 11.6 Å². The molecule has 1 N–H and O–H groups in total. The van der Waals surface area contributed by atoms with Gasteiger partial charge in [-0.3, -0.25) is 0 Å². The van der Waals surface area contributed by atoms with Crippen LogP contribution in [-0.2, 0) is 16.4 Å². The van der Waals surface area contributed by atoms with E-state index in [9.17, 15) is 12.8 Å². The Morgan fingerprint density at radius 1 is 1.10 bits per heavy atom. The lowest BCUT2D eigenvalue weighted by Gasteiger charge is -2.10. The van der Waals surface area contributed by atoms with E-state index in [1.54, 1.807) is 13.2 Å². The molecule has 0 bridgehead atoms. The molecule has 0 amide bonds. The minimum absolute atomic E-state index is 0.164. The van der Waals surface area contributed by atoms with Crippen molar-refractivity contribution in [3.8, 4) is 5.75 Å². The summed E-state index contributed by atoms with van der Waals surface area (Å²) in [6.07, 6.45) is 0.456. The number of nitrogens with one attached hydrogen (secondary N) is 1. The number of sulfonamides is 1. The molecule has 0 spiro atoms. The predicted octanol–water partition coefficient (Wildman–Crippen LogP) is 2.36. The van der Waals surface area contributed by atoms with Crippen LogP contribution in [0.3, 0.4) is 0 Å². The summed E-state index contributed by atoms with van der Waals surface area (Å²) >= 11 is 0. The average molecular weight is 309 g/mol. The van der Waals surface area contributed by atoms with Crippen molar-refractivity contribution in [1.29, 1.82) is 0 Å². The van der Waals surface area contributed by atoms with E-state index in [4.69, 9.17) is 4.74 Å². The molecule has 0 aliphatic heterocycles. The highest BCUT2D eigenvalue weighted by molar-refractivity contribution is 7.89. The molecule has 0 radical (unpaired) electrons. The molecule has 21 heavy (non-hydrogen) atoms. The largest absolute Gasteiger partial charge is 0.496 e. The molecule has 0 atom stereocenters. The first-order chi connectivity index (χ1) is 10.0. The molecule has 0 aliphatic carbocycles. The number of rotatable bonds is 6. The minimum atomic E-state index is -3.85. The Morgan fingerprint density at radius 3 is 2.48 bits per heavy atom. The van der Waals surface area contributed by atoms with Crippen LogP contribution in [-0.4, -0.2) is 22.1 Å². The van der Waals surface area contributed by atoms with Crippen molar-refractivity contribution in [2.45, 2.75) is 11.3 Å². The molecular formula is C15H16FNO3S. The third-order valence-corrected chi connectivity index (χ3v) is 4.50. The fourth-order valence-electron chi connectivity index (χ4n) is 1.97. The summed E-state index contributed by atoms with van der Waals surface area (Å²) in [5.74, 6) is -0.0649. The minimum Gasteiger partial charge on any atom is -0.496 e. The van der Waals surface area contributed by atoms with E-state index in [-0.39, 0.29) is 11.4 Å². The standard InChI is InChI=1S/C15H16FNO3S/c1-20-14-8-4-2-6-12(14)10-11-17-21(18,19)15-9-5-3-7-13(15)16/h2-9,17H,10-11H2,1H3. The Hall–Kier alpha value is -1.92. The number of benzene rings is 2. The summed E-state index contributed by atoms with van der Waals surface area (Å²) in [7, 11) is -2.29. The van der Waals surface area contributed by atoms with Gasteiger partial charge in [0.1, 0.15) is 16.5 Å². The number of methoxy groups -OCH3 is 1. The van der Waals surface area contributed by atoms with Crippen LogP contribution in [0, 0.1) is 5.82 Å². The molecule has 0 aromatic heterocycles. The topological polar surface area (TPSA) is 55.4 Å². The van der Waals surface area contributed by atoms with Crippen molar-refractivity contribution in [1.82, 2.24) is 4.72 Å². The lowest BCUT2D eigenvalue weighted by Crippen LogP contribution is -2.26. The molecule has 0 saturated heterocycles. The van der Waals surface area contributed by atoms with Crippen LogP contribution < -0.4 is 9.46 Å². The van der Waals surface area contributed by atoms with E-state index >= 15 is 0 Å². The molecule has 0 saturated carbocycles. The highest BCUT2D eigenvalue weighted by Gasteiger charge is 2.17. The Morgan fingerprint density at radius 2 is 1.76 bits per heavy atom. The molecule has 2 rings (SSSR count). The van der Waals surface area contributed by atoms with Gasteiger partial charge in [-0.15, -0.1) is 0 Å². The number of halogens is 1. The number of hydrogen-bond donors (Lipinski definition) is 1. The van der Waals surface area contributed by atoms with Crippen molar-refractivity contribution in [2.75, 3.05) is 13.7 Å². The number of hydrogen-bond acceptors (Lipinski definition) is 3. The monoisotopic (exact) mass is 309 g/mol. The maximum Gasteiger partial charge on any atom is 0.243 e. The lowest BCUT2D eigenvalue weighted by molar-refractivity contribution is 0.409. The zero-order chi connectivity index (χ0) is 15.3. The molecule has 2 aromatic rings. The van der Waals surface area contributed by atoms with Gasteiger partial charge in [-0.1, -0.05) is 30.3 Å². The Balaban J connectivity index is 2.05. The highest BCUT2D eigenvalue weighted by atomic mass is 32.2. The van der Waals surface area contributed by atoms with E-state index in [1.807, 2.05) is 18.2 Å². The molecule has 6 heteroatoms. The van der Waals surface area contributed by atoms with Gasteiger partial charge < -0.3 is 4.74 Å².